The molecule has 21 heavy (non-hydrogen) atoms. The molecule has 0 atom stereocenters. The van der Waals surface area contributed by atoms with Gasteiger partial charge in [0.15, 0.2) is 11.6 Å². The molecule has 0 spiro atoms. The summed E-state index contributed by atoms with van der Waals surface area (Å²) in [5.74, 6) is -3.96. The Morgan fingerprint density at radius 2 is 1.86 bits per heavy atom. The molecule has 1 amide bonds. The molecule has 1 fully saturated rings. The van der Waals surface area contributed by atoms with Gasteiger partial charge in [-0.3, -0.25) is 4.79 Å². The van der Waals surface area contributed by atoms with Gasteiger partial charge in [0.2, 0.25) is 5.91 Å². The smallest absolute Gasteiger partial charge is 0.233 e. The second-order valence-corrected chi connectivity index (χ2v) is 5.16. The van der Waals surface area contributed by atoms with E-state index in [-0.39, 0.29) is 12.3 Å². The molecule has 2 rings (SSSR count). The third-order valence-corrected chi connectivity index (χ3v) is 3.72. The zero-order valence-electron chi connectivity index (χ0n) is 11.6. The summed E-state index contributed by atoms with van der Waals surface area (Å²) in [4.78, 5) is 12.4. The molecule has 7 heteroatoms. The minimum Gasteiger partial charge on any atom is -0.384 e. The third-order valence-electron chi connectivity index (χ3n) is 3.72. The van der Waals surface area contributed by atoms with Crippen molar-refractivity contribution < 1.29 is 22.7 Å². The number of carbonyl (C=O) groups excluding carboxylic acids is 1. The minimum atomic E-state index is -1.29. The van der Waals surface area contributed by atoms with Gasteiger partial charge in [-0.2, -0.15) is 0 Å². The summed E-state index contributed by atoms with van der Waals surface area (Å²) in [6.45, 7) is 1.46. The first-order chi connectivity index (χ1) is 9.98. The number of piperidine rings is 1. The largest absolute Gasteiger partial charge is 0.384 e. The van der Waals surface area contributed by atoms with Gasteiger partial charge >= 0.3 is 0 Å². The van der Waals surface area contributed by atoms with E-state index in [1.807, 2.05) is 0 Å². The molecule has 2 N–H and O–H groups in total. The second kappa shape index (κ2) is 6.44. The molecule has 0 bridgehead atoms. The van der Waals surface area contributed by atoms with E-state index in [4.69, 9.17) is 4.74 Å². The average molecular weight is 302 g/mol. The molecule has 1 aliphatic heterocycles. The highest BCUT2D eigenvalue weighted by atomic mass is 19.2. The van der Waals surface area contributed by atoms with Crippen LogP contribution < -0.4 is 10.6 Å². The second-order valence-electron chi connectivity index (χ2n) is 5.16. The minimum absolute atomic E-state index is 0.186. The van der Waals surface area contributed by atoms with Crippen molar-refractivity contribution in [1.82, 2.24) is 5.32 Å². The summed E-state index contributed by atoms with van der Waals surface area (Å²) in [5.41, 5.74) is -1.16. The van der Waals surface area contributed by atoms with Crippen LogP contribution in [0.25, 0.3) is 0 Å². The highest BCUT2D eigenvalue weighted by Gasteiger charge is 2.40. The van der Waals surface area contributed by atoms with Crippen LogP contribution in [0.1, 0.15) is 12.8 Å². The van der Waals surface area contributed by atoms with Crippen molar-refractivity contribution in [1.29, 1.82) is 0 Å². The molecule has 0 aromatic heterocycles. The van der Waals surface area contributed by atoms with Crippen LogP contribution in [-0.4, -0.2) is 32.7 Å². The van der Waals surface area contributed by atoms with Gasteiger partial charge in [0.1, 0.15) is 5.82 Å². The molecule has 0 unspecified atom stereocenters. The van der Waals surface area contributed by atoms with Crippen molar-refractivity contribution in [3.63, 3.8) is 0 Å². The summed E-state index contributed by atoms with van der Waals surface area (Å²) in [6.07, 6.45) is 1.05. The first-order valence-electron chi connectivity index (χ1n) is 6.64. The van der Waals surface area contributed by atoms with E-state index in [0.717, 1.165) is 0 Å². The lowest BCUT2D eigenvalue weighted by atomic mass is 9.78. The van der Waals surface area contributed by atoms with Crippen LogP contribution in [0.3, 0.4) is 0 Å². The van der Waals surface area contributed by atoms with Crippen molar-refractivity contribution in [2.75, 3.05) is 32.1 Å². The number of methoxy groups -OCH3 is 1. The van der Waals surface area contributed by atoms with E-state index in [9.17, 15) is 18.0 Å². The number of amides is 1. The van der Waals surface area contributed by atoms with Crippen LogP contribution in [0.5, 0.6) is 0 Å². The lowest BCUT2D eigenvalue weighted by molar-refractivity contribution is -0.130. The Balaban J connectivity index is 2.21. The van der Waals surface area contributed by atoms with Gasteiger partial charge in [-0.05, 0) is 25.9 Å². The van der Waals surface area contributed by atoms with Gasteiger partial charge in [0.05, 0.1) is 17.7 Å². The zero-order chi connectivity index (χ0) is 15.5. The molecule has 0 aliphatic carbocycles. The summed E-state index contributed by atoms with van der Waals surface area (Å²) in [7, 11) is 1.48. The number of carbonyl (C=O) groups is 1. The standard InChI is InChI=1S/C14H17F3N2O2/c1-21-8-14(2-4-18-5-3-14)13(20)19-12-7-10(16)9(15)6-11(12)17/h6-7,18H,2-5,8H2,1H3,(H,19,20). The fraction of sp³-hybridized carbons (Fsp3) is 0.500. The third kappa shape index (κ3) is 3.36. The first kappa shape index (κ1) is 15.8. The summed E-state index contributed by atoms with van der Waals surface area (Å²) < 4.78 is 44.8. The number of hydrogen-bond acceptors (Lipinski definition) is 3. The predicted octanol–water partition coefficient (Wildman–Crippen LogP) is 2.06. The van der Waals surface area contributed by atoms with Crippen LogP contribution in [0.15, 0.2) is 12.1 Å². The Bertz CT molecular complexity index is 526. The zero-order valence-corrected chi connectivity index (χ0v) is 11.6. The molecule has 116 valence electrons. The quantitative estimate of drug-likeness (QED) is 0.837. The summed E-state index contributed by atoms with van der Waals surface area (Å²) in [6, 6.07) is 1.06. The Morgan fingerprint density at radius 1 is 1.24 bits per heavy atom. The van der Waals surface area contributed by atoms with Crippen LogP contribution in [0, 0.1) is 22.9 Å². The van der Waals surface area contributed by atoms with Gasteiger partial charge in [-0.1, -0.05) is 0 Å². The summed E-state index contributed by atoms with van der Waals surface area (Å²) in [5, 5.41) is 5.47. The number of anilines is 1. The fourth-order valence-electron chi connectivity index (χ4n) is 2.49. The maximum Gasteiger partial charge on any atom is 0.233 e. The SMILES string of the molecule is COCC1(C(=O)Nc2cc(F)c(F)cc2F)CCNCC1. The Labute approximate surface area is 120 Å². The van der Waals surface area contributed by atoms with Crippen molar-refractivity contribution in [3.05, 3.63) is 29.6 Å². The molecular weight excluding hydrogens is 285 g/mol. The van der Waals surface area contributed by atoms with Crippen LogP contribution in [0.2, 0.25) is 0 Å². The van der Waals surface area contributed by atoms with Gasteiger partial charge in [-0.25, -0.2) is 13.2 Å². The fourth-order valence-corrected chi connectivity index (χ4v) is 2.49. The molecule has 1 saturated heterocycles. The van der Waals surface area contributed by atoms with Crippen molar-refractivity contribution in [2.45, 2.75) is 12.8 Å². The van der Waals surface area contributed by atoms with E-state index in [2.05, 4.69) is 10.6 Å². The lowest BCUT2D eigenvalue weighted by Crippen LogP contribution is -2.47. The number of nitrogens with one attached hydrogen (secondary N) is 2. The van der Waals surface area contributed by atoms with E-state index >= 15 is 0 Å². The molecule has 4 nitrogen and oxygen atoms in total. The Morgan fingerprint density at radius 3 is 2.48 bits per heavy atom. The van der Waals surface area contributed by atoms with E-state index in [1.165, 1.54) is 7.11 Å². The van der Waals surface area contributed by atoms with Gasteiger partial charge in [0, 0.05) is 19.2 Å². The number of halogens is 3. The molecule has 0 saturated carbocycles. The highest BCUT2D eigenvalue weighted by molar-refractivity contribution is 5.95. The molecule has 1 aliphatic rings. The van der Waals surface area contributed by atoms with Crippen molar-refractivity contribution >= 4 is 11.6 Å². The highest BCUT2D eigenvalue weighted by Crippen LogP contribution is 2.31. The monoisotopic (exact) mass is 302 g/mol. The number of ether oxygens (including phenoxy) is 1. The molecular formula is C14H17F3N2O2. The Hall–Kier alpha value is -1.60. The summed E-state index contributed by atoms with van der Waals surface area (Å²) >= 11 is 0. The normalized spacial score (nSPS) is 17.5. The molecule has 1 aromatic rings. The van der Waals surface area contributed by atoms with Gasteiger partial charge in [0.25, 0.3) is 0 Å². The van der Waals surface area contributed by atoms with E-state index in [1.54, 1.807) is 0 Å². The van der Waals surface area contributed by atoms with E-state index < -0.39 is 28.8 Å². The van der Waals surface area contributed by atoms with E-state index in [0.29, 0.717) is 38.1 Å². The topological polar surface area (TPSA) is 50.4 Å². The molecule has 1 heterocycles. The van der Waals surface area contributed by atoms with Gasteiger partial charge < -0.3 is 15.4 Å². The van der Waals surface area contributed by atoms with Crippen LogP contribution >= 0.6 is 0 Å². The maximum absolute atomic E-state index is 13.6. The maximum atomic E-state index is 13.6. The van der Waals surface area contributed by atoms with Gasteiger partial charge in [-0.15, -0.1) is 0 Å². The number of hydrogen-bond donors (Lipinski definition) is 2. The predicted molar refractivity (Wildman–Crippen MR) is 71.4 cm³/mol. The number of rotatable bonds is 4. The van der Waals surface area contributed by atoms with Crippen LogP contribution in [-0.2, 0) is 9.53 Å². The van der Waals surface area contributed by atoms with Crippen molar-refractivity contribution in [2.24, 2.45) is 5.41 Å². The van der Waals surface area contributed by atoms with Crippen molar-refractivity contribution in [3.8, 4) is 0 Å². The molecule has 1 aromatic carbocycles. The number of benzene rings is 1. The first-order valence-corrected chi connectivity index (χ1v) is 6.64. The van der Waals surface area contributed by atoms with Crippen LogP contribution in [0.4, 0.5) is 18.9 Å². The average Bonchev–Trinajstić information content (AvgIpc) is 2.46. The lowest BCUT2D eigenvalue weighted by Gasteiger charge is -2.35. The molecule has 0 radical (unpaired) electrons. The Kier molecular flexibility index (Phi) is 4.84.